The molecule has 5 heteroatoms. The van der Waals surface area contributed by atoms with Crippen molar-refractivity contribution in [2.75, 3.05) is 7.11 Å². The SMILES string of the molecule is COc1ccc(CO[C@H](C[C@H](O)CC(C)=O)[C@@H](C)OCc2ccccc2)cc1. The highest BCUT2D eigenvalue weighted by Crippen LogP contribution is 2.18. The molecule has 3 atom stereocenters. The van der Waals surface area contributed by atoms with Gasteiger partial charge < -0.3 is 19.3 Å². The smallest absolute Gasteiger partial charge is 0.132 e. The first-order chi connectivity index (χ1) is 13.5. The Bertz CT molecular complexity index is 699. The summed E-state index contributed by atoms with van der Waals surface area (Å²) >= 11 is 0. The number of methoxy groups -OCH3 is 1. The van der Waals surface area contributed by atoms with Crippen LogP contribution >= 0.6 is 0 Å². The van der Waals surface area contributed by atoms with Crippen molar-refractivity contribution in [3.63, 3.8) is 0 Å². The molecule has 2 aromatic carbocycles. The average molecular weight is 386 g/mol. The van der Waals surface area contributed by atoms with E-state index in [9.17, 15) is 9.90 Å². The van der Waals surface area contributed by atoms with Gasteiger partial charge in [0, 0.05) is 12.8 Å². The zero-order chi connectivity index (χ0) is 20.4. The summed E-state index contributed by atoms with van der Waals surface area (Å²) in [4.78, 5) is 11.3. The summed E-state index contributed by atoms with van der Waals surface area (Å²) in [6, 6.07) is 17.6. The summed E-state index contributed by atoms with van der Waals surface area (Å²) in [6.07, 6.45) is -0.860. The third kappa shape index (κ3) is 7.80. The van der Waals surface area contributed by atoms with Crippen LogP contribution in [-0.4, -0.2) is 36.3 Å². The lowest BCUT2D eigenvalue weighted by Crippen LogP contribution is -2.33. The largest absolute Gasteiger partial charge is 0.497 e. The lowest BCUT2D eigenvalue weighted by molar-refractivity contribution is -0.121. The van der Waals surface area contributed by atoms with E-state index in [-0.39, 0.29) is 24.4 Å². The Hall–Kier alpha value is -2.21. The maximum Gasteiger partial charge on any atom is 0.132 e. The Kier molecular flexibility index (Phi) is 9.14. The predicted molar refractivity (Wildman–Crippen MR) is 108 cm³/mol. The van der Waals surface area contributed by atoms with Gasteiger partial charge in [-0.15, -0.1) is 0 Å². The zero-order valence-corrected chi connectivity index (χ0v) is 16.8. The Morgan fingerprint density at radius 3 is 2.18 bits per heavy atom. The molecule has 0 bridgehead atoms. The fourth-order valence-electron chi connectivity index (χ4n) is 2.91. The summed E-state index contributed by atoms with van der Waals surface area (Å²) < 4.78 is 17.2. The molecule has 1 N–H and O–H groups in total. The number of carbonyl (C=O) groups excluding carboxylic acids is 1. The summed E-state index contributed by atoms with van der Waals surface area (Å²) in [5.41, 5.74) is 2.08. The number of aliphatic hydroxyl groups is 1. The van der Waals surface area contributed by atoms with Gasteiger partial charge in [0.2, 0.25) is 0 Å². The van der Waals surface area contributed by atoms with E-state index in [0.29, 0.717) is 19.6 Å². The van der Waals surface area contributed by atoms with Gasteiger partial charge in [0.1, 0.15) is 11.5 Å². The van der Waals surface area contributed by atoms with Gasteiger partial charge in [-0.3, -0.25) is 4.79 Å². The molecule has 0 spiro atoms. The van der Waals surface area contributed by atoms with Gasteiger partial charge in [-0.2, -0.15) is 0 Å². The lowest BCUT2D eigenvalue weighted by Gasteiger charge is -2.26. The van der Waals surface area contributed by atoms with Crippen LogP contribution < -0.4 is 4.74 Å². The molecule has 0 amide bonds. The minimum absolute atomic E-state index is 0.0424. The quantitative estimate of drug-likeness (QED) is 0.599. The van der Waals surface area contributed by atoms with Crippen molar-refractivity contribution in [1.29, 1.82) is 0 Å². The first-order valence-electron chi connectivity index (χ1n) is 9.55. The minimum Gasteiger partial charge on any atom is -0.497 e. The molecule has 0 radical (unpaired) electrons. The Morgan fingerprint density at radius 1 is 0.964 bits per heavy atom. The van der Waals surface area contributed by atoms with Crippen molar-refractivity contribution >= 4 is 5.78 Å². The lowest BCUT2D eigenvalue weighted by atomic mass is 10.0. The van der Waals surface area contributed by atoms with Gasteiger partial charge >= 0.3 is 0 Å². The van der Waals surface area contributed by atoms with Crippen molar-refractivity contribution in [2.45, 2.75) is 58.2 Å². The van der Waals surface area contributed by atoms with Crippen molar-refractivity contribution < 1.29 is 24.1 Å². The van der Waals surface area contributed by atoms with E-state index in [2.05, 4.69) is 0 Å². The monoisotopic (exact) mass is 386 g/mol. The normalized spacial score (nSPS) is 14.3. The third-order valence-electron chi connectivity index (χ3n) is 4.53. The molecule has 5 nitrogen and oxygen atoms in total. The molecule has 0 aliphatic rings. The molecule has 0 saturated carbocycles. The number of rotatable bonds is 12. The van der Waals surface area contributed by atoms with Gasteiger partial charge in [0.05, 0.1) is 38.6 Å². The third-order valence-corrected chi connectivity index (χ3v) is 4.53. The fraction of sp³-hybridized carbons (Fsp3) is 0.435. The van der Waals surface area contributed by atoms with Crippen molar-refractivity contribution in [2.24, 2.45) is 0 Å². The average Bonchev–Trinajstić information content (AvgIpc) is 2.70. The molecule has 0 heterocycles. The van der Waals surface area contributed by atoms with Crippen LogP contribution in [0.4, 0.5) is 0 Å². The summed E-state index contributed by atoms with van der Waals surface area (Å²) in [6.45, 7) is 4.27. The second kappa shape index (κ2) is 11.6. The number of ether oxygens (including phenoxy) is 3. The summed E-state index contributed by atoms with van der Waals surface area (Å²) in [7, 11) is 1.63. The second-order valence-corrected chi connectivity index (χ2v) is 6.99. The van der Waals surface area contributed by atoms with E-state index >= 15 is 0 Å². The highest BCUT2D eigenvalue weighted by Gasteiger charge is 2.23. The fourth-order valence-corrected chi connectivity index (χ4v) is 2.91. The van der Waals surface area contributed by atoms with E-state index in [1.165, 1.54) is 6.92 Å². The molecule has 0 aliphatic carbocycles. The number of ketones is 1. The van der Waals surface area contributed by atoms with Crippen molar-refractivity contribution in [3.05, 3.63) is 65.7 Å². The van der Waals surface area contributed by atoms with E-state index in [4.69, 9.17) is 14.2 Å². The van der Waals surface area contributed by atoms with Crippen LogP contribution in [0.3, 0.4) is 0 Å². The molecule has 2 aromatic rings. The van der Waals surface area contributed by atoms with Gasteiger partial charge in [-0.25, -0.2) is 0 Å². The van der Waals surface area contributed by atoms with Crippen LogP contribution in [0.15, 0.2) is 54.6 Å². The van der Waals surface area contributed by atoms with E-state index in [1.54, 1.807) is 7.11 Å². The number of Topliss-reactive ketones (excluding diaryl/α,β-unsaturated/α-hetero) is 1. The van der Waals surface area contributed by atoms with E-state index < -0.39 is 6.10 Å². The number of aliphatic hydroxyl groups excluding tert-OH is 1. The van der Waals surface area contributed by atoms with Gasteiger partial charge in [0.25, 0.3) is 0 Å². The number of benzene rings is 2. The highest BCUT2D eigenvalue weighted by molar-refractivity contribution is 5.75. The Labute approximate surface area is 167 Å². The molecule has 2 rings (SSSR count). The first-order valence-corrected chi connectivity index (χ1v) is 9.55. The summed E-state index contributed by atoms with van der Waals surface area (Å²) in [5, 5.41) is 10.2. The first kappa shape index (κ1) is 22.1. The van der Waals surface area contributed by atoms with Crippen LogP contribution in [0.25, 0.3) is 0 Å². The van der Waals surface area contributed by atoms with E-state index in [1.807, 2.05) is 61.5 Å². The van der Waals surface area contributed by atoms with Crippen LogP contribution in [0.2, 0.25) is 0 Å². The van der Waals surface area contributed by atoms with Gasteiger partial charge in [0.15, 0.2) is 0 Å². The molecule has 0 fully saturated rings. The van der Waals surface area contributed by atoms with Crippen LogP contribution in [0, 0.1) is 0 Å². The molecular formula is C23H30O5. The van der Waals surface area contributed by atoms with Gasteiger partial charge in [-0.05, 0) is 37.1 Å². The van der Waals surface area contributed by atoms with Crippen LogP contribution in [0.1, 0.15) is 37.8 Å². The standard InChI is InChI=1S/C23H30O5/c1-17(24)13-21(25)14-23(18(2)27-15-19-7-5-4-6-8-19)28-16-20-9-11-22(26-3)12-10-20/h4-12,18,21,23,25H,13-16H2,1-3H3/t18-,21-,23-/m1/s1. The molecule has 0 aliphatic heterocycles. The molecule has 28 heavy (non-hydrogen) atoms. The maximum absolute atomic E-state index is 11.3. The minimum atomic E-state index is -0.749. The van der Waals surface area contributed by atoms with Gasteiger partial charge in [-0.1, -0.05) is 42.5 Å². The highest BCUT2D eigenvalue weighted by atomic mass is 16.5. The molecular weight excluding hydrogens is 356 g/mol. The molecule has 0 aromatic heterocycles. The number of hydrogen-bond acceptors (Lipinski definition) is 5. The second-order valence-electron chi connectivity index (χ2n) is 6.99. The number of carbonyl (C=O) groups is 1. The predicted octanol–water partition coefficient (Wildman–Crippen LogP) is 3.92. The topological polar surface area (TPSA) is 65.0 Å². The van der Waals surface area contributed by atoms with E-state index in [0.717, 1.165) is 16.9 Å². The molecule has 0 unspecified atom stereocenters. The molecule has 152 valence electrons. The van der Waals surface area contributed by atoms with Crippen LogP contribution in [-0.2, 0) is 27.5 Å². The Balaban J connectivity index is 1.96. The zero-order valence-electron chi connectivity index (χ0n) is 16.8. The Morgan fingerprint density at radius 2 is 1.57 bits per heavy atom. The maximum atomic E-state index is 11.3. The molecule has 0 saturated heterocycles. The number of hydrogen-bond donors (Lipinski definition) is 1. The van der Waals surface area contributed by atoms with Crippen LogP contribution in [0.5, 0.6) is 5.75 Å². The van der Waals surface area contributed by atoms with Crippen molar-refractivity contribution in [1.82, 2.24) is 0 Å². The van der Waals surface area contributed by atoms with Crippen molar-refractivity contribution in [3.8, 4) is 5.75 Å². The summed E-state index contributed by atoms with van der Waals surface area (Å²) in [5.74, 6) is 0.746.